The van der Waals surface area contributed by atoms with Gasteiger partial charge in [0.1, 0.15) is 17.3 Å². The van der Waals surface area contributed by atoms with Gasteiger partial charge in [0.2, 0.25) is 0 Å². The van der Waals surface area contributed by atoms with E-state index in [0.717, 1.165) is 16.3 Å². The number of nitrogens with two attached hydrogens (primary N) is 1. The summed E-state index contributed by atoms with van der Waals surface area (Å²) in [6.07, 6.45) is 1.72. The minimum absolute atomic E-state index is 0. The van der Waals surface area contributed by atoms with Crippen LogP contribution in [0.4, 0.5) is 11.6 Å². The molecule has 4 aromatic rings. The van der Waals surface area contributed by atoms with Gasteiger partial charge in [-0.2, -0.15) is 0 Å². The fraction of sp³-hybridized carbons (Fsp3) is 0. The molecule has 0 aliphatic carbocycles. The Bertz CT molecular complexity index is 1090. The Balaban J connectivity index is 0.00000121. The third kappa shape index (κ3) is 3.82. The number of anilines is 2. The zero-order valence-electron chi connectivity index (χ0n) is 13.3. The minimum Gasteiger partial charge on any atom is -1.00 e. The van der Waals surface area contributed by atoms with Crippen LogP contribution in [0.25, 0.3) is 21.8 Å². The fourth-order valence-corrected chi connectivity index (χ4v) is 2.55. The third-order valence-electron chi connectivity index (χ3n) is 3.68. The van der Waals surface area contributed by atoms with Gasteiger partial charge in [-0.25, -0.2) is 9.97 Å². The van der Waals surface area contributed by atoms with Crippen molar-refractivity contribution in [3.8, 4) is 0 Å². The van der Waals surface area contributed by atoms with E-state index in [1.807, 2.05) is 30.3 Å². The molecule has 0 aliphatic heterocycles. The van der Waals surface area contributed by atoms with Crippen LogP contribution in [0.1, 0.15) is 10.5 Å². The predicted octanol–water partition coefficient (Wildman–Crippen LogP) is 0.0140. The molecule has 0 fully saturated rings. The van der Waals surface area contributed by atoms with Crippen molar-refractivity contribution >= 4 is 39.3 Å². The summed E-state index contributed by atoms with van der Waals surface area (Å²) in [7, 11) is 0. The number of nitrogen functional groups attached to an aromatic ring is 1. The molecule has 0 saturated heterocycles. The number of rotatable bonds is 2. The van der Waals surface area contributed by atoms with Gasteiger partial charge in [0.25, 0.3) is 5.91 Å². The van der Waals surface area contributed by atoms with Crippen LogP contribution >= 0.6 is 0 Å². The van der Waals surface area contributed by atoms with Crippen LogP contribution < -0.4 is 23.5 Å². The molecule has 6 nitrogen and oxygen atoms in total. The predicted molar refractivity (Wildman–Crippen MR) is 93.6 cm³/mol. The molecule has 3 aromatic heterocycles. The molecule has 8 heteroatoms. The molecule has 26 heavy (non-hydrogen) atoms. The Labute approximate surface area is 169 Å². The Morgan fingerprint density at radius 1 is 0.885 bits per heavy atom. The number of hydrogen-bond donors (Lipinski definition) is 2. The fourth-order valence-electron chi connectivity index (χ4n) is 2.55. The van der Waals surface area contributed by atoms with E-state index in [1.54, 1.807) is 30.5 Å². The second kappa shape index (κ2) is 8.21. The van der Waals surface area contributed by atoms with Crippen molar-refractivity contribution in [3.05, 3.63) is 66.5 Å². The molecule has 0 saturated carbocycles. The van der Waals surface area contributed by atoms with E-state index in [1.165, 1.54) is 0 Å². The summed E-state index contributed by atoms with van der Waals surface area (Å²) in [5.74, 6) is 0.385. The van der Waals surface area contributed by atoms with Crippen molar-refractivity contribution in [3.63, 3.8) is 0 Å². The van der Waals surface area contributed by atoms with Gasteiger partial charge in [-0.1, -0.05) is 30.3 Å². The van der Waals surface area contributed by atoms with Crippen LogP contribution in [-0.2, 0) is 21.1 Å². The van der Waals surface area contributed by atoms with E-state index >= 15 is 0 Å². The van der Waals surface area contributed by atoms with Crippen molar-refractivity contribution in [1.29, 1.82) is 0 Å². The Kier molecular flexibility index (Phi) is 6.24. The van der Waals surface area contributed by atoms with E-state index in [-0.39, 0.29) is 39.4 Å². The first kappa shape index (κ1) is 19.8. The zero-order valence-corrected chi connectivity index (χ0v) is 16.3. The van der Waals surface area contributed by atoms with Gasteiger partial charge in [-0.05, 0) is 24.3 Å². The van der Waals surface area contributed by atoms with Crippen LogP contribution in [0.3, 0.4) is 0 Å². The van der Waals surface area contributed by atoms with E-state index in [0.29, 0.717) is 22.8 Å². The maximum atomic E-state index is 12.4. The number of pyridine rings is 3. The standard InChI is InChI=1S/C18H13N5O.ClH.Pt/c19-14-4-1-5-15(22-14)23-18(24)13-9-8-12-7-6-11-3-2-10-20-16(11)17(12)21-13;;/h1-10H,(H3,19,22,23,24);1H;/q;;+4/p-1. The molecule has 0 bridgehead atoms. The van der Waals surface area contributed by atoms with Gasteiger partial charge in [-0.15, -0.1) is 0 Å². The van der Waals surface area contributed by atoms with Crippen LogP contribution in [0, 0.1) is 0 Å². The number of amides is 1. The van der Waals surface area contributed by atoms with Crippen molar-refractivity contribution < 1.29 is 38.3 Å². The van der Waals surface area contributed by atoms with Gasteiger partial charge in [0.15, 0.2) is 0 Å². The normalized spacial score (nSPS) is 10.0. The number of fused-ring (bicyclic) bond motifs is 3. The summed E-state index contributed by atoms with van der Waals surface area (Å²) >= 11 is 0. The smallest absolute Gasteiger partial charge is 1.00 e. The van der Waals surface area contributed by atoms with Gasteiger partial charge < -0.3 is 23.5 Å². The number of nitrogens with one attached hydrogen (secondary N) is 1. The summed E-state index contributed by atoms with van der Waals surface area (Å²) in [5.41, 5.74) is 7.39. The molecule has 3 heterocycles. The minimum atomic E-state index is -0.345. The molecule has 1 aromatic carbocycles. The molecule has 1 amide bonds. The van der Waals surface area contributed by atoms with E-state index in [9.17, 15) is 4.79 Å². The first-order valence-corrected chi connectivity index (χ1v) is 7.39. The van der Waals surface area contributed by atoms with E-state index < -0.39 is 0 Å². The van der Waals surface area contributed by atoms with Crippen molar-refractivity contribution in [2.24, 2.45) is 0 Å². The molecule has 0 aliphatic rings. The average molecular weight is 546 g/mol. The summed E-state index contributed by atoms with van der Waals surface area (Å²) in [6, 6.07) is 16.4. The number of carbonyl (C=O) groups is 1. The van der Waals surface area contributed by atoms with Crippen LogP contribution in [0.5, 0.6) is 0 Å². The molecule has 4 rings (SSSR count). The van der Waals surface area contributed by atoms with Crippen molar-refractivity contribution in [2.75, 3.05) is 11.1 Å². The topological polar surface area (TPSA) is 93.8 Å². The van der Waals surface area contributed by atoms with Gasteiger partial charge in [0.05, 0.1) is 11.0 Å². The first-order chi connectivity index (χ1) is 11.7. The molecule has 0 spiro atoms. The van der Waals surface area contributed by atoms with Crippen LogP contribution in [-0.4, -0.2) is 20.9 Å². The summed E-state index contributed by atoms with van der Waals surface area (Å²) < 4.78 is 0. The molecule has 0 atom stereocenters. The number of aromatic nitrogens is 3. The summed E-state index contributed by atoms with van der Waals surface area (Å²) in [5, 5.41) is 4.61. The van der Waals surface area contributed by atoms with E-state index in [2.05, 4.69) is 20.3 Å². The monoisotopic (exact) mass is 545 g/mol. The SMILES string of the molecule is Nc1cccc(NC(=O)c2ccc3ccc4cccnc4c3n2)n1.[Cl-].[Pt+4]. The Hall–Kier alpha value is -2.56. The van der Waals surface area contributed by atoms with Gasteiger partial charge >= 0.3 is 21.1 Å². The first-order valence-electron chi connectivity index (χ1n) is 7.39. The quantitative estimate of drug-likeness (QED) is 0.346. The van der Waals surface area contributed by atoms with Crippen LogP contribution in [0.2, 0.25) is 0 Å². The van der Waals surface area contributed by atoms with Crippen LogP contribution in [0.15, 0.2) is 60.8 Å². The second-order valence-corrected chi connectivity index (χ2v) is 5.31. The molecular weight excluding hydrogens is 533 g/mol. The Morgan fingerprint density at radius 3 is 2.38 bits per heavy atom. The number of nitrogens with zero attached hydrogens (tertiary/aromatic N) is 3. The Morgan fingerprint density at radius 2 is 1.62 bits per heavy atom. The maximum Gasteiger partial charge on any atom is 4.00 e. The molecular formula is C18H13ClN5OPt+3. The largest absolute Gasteiger partial charge is 4.00 e. The third-order valence-corrected chi connectivity index (χ3v) is 3.68. The summed E-state index contributed by atoms with van der Waals surface area (Å²) in [6.45, 7) is 0. The average Bonchev–Trinajstić information content (AvgIpc) is 2.61. The zero-order chi connectivity index (χ0) is 16.5. The van der Waals surface area contributed by atoms with E-state index in [4.69, 9.17) is 5.73 Å². The number of carbonyl (C=O) groups excluding carboxylic acids is 1. The number of benzene rings is 1. The van der Waals surface area contributed by atoms with Crippen molar-refractivity contribution in [1.82, 2.24) is 15.0 Å². The van der Waals surface area contributed by atoms with Gasteiger partial charge in [-0.3, -0.25) is 9.78 Å². The van der Waals surface area contributed by atoms with Gasteiger partial charge in [0, 0.05) is 17.0 Å². The van der Waals surface area contributed by atoms with Crippen molar-refractivity contribution in [2.45, 2.75) is 0 Å². The molecule has 130 valence electrons. The summed E-state index contributed by atoms with van der Waals surface area (Å²) in [4.78, 5) is 25.4. The molecule has 0 unspecified atom stereocenters. The number of halogens is 1. The number of hydrogen-bond acceptors (Lipinski definition) is 5. The molecule has 3 N–H and O–H groups in total. The second-order valence-electron chi connectivity index (χ2n) is 5.31. The molecule has 0 radical (unpaired) electrons. The maximum absolute atomic E-state index is 12.4.